The van der Waals surface area contributed by atoms with Crippen molar-refractivity contribution in [1.82, 2.24) is 0 Å². The number of fused-ring (bicyclic) bond motifs is 5. The van der Waals surface area contributed by atoms with E-state index < -0.39 is 10.4 Å². The number of ketones is 1. The van der Waals surface area contributed by atoms with Crippen molar-refractivity contribution in [3.05, 3.63) is 0 Å². The number of esters is 1. The number of carbonyl (C=O) groups excluding carboxylic acids is 2. The topological polar surface area (TPSA) is 63.6 Å². The minimum atomic E-state index is -0.467. The van der Waals surface area contributed by atoms with E-state index in [4.69, 9.17) is 4.74 Å². The van der Waals surface area contributed by atoms with Gasteiger partial charge in [0.2, 0.25) is 0 Å². The lowest BCUT2D eigenvalue weighted by Crippen LogP contribution is -2.66. The van der Waals surface area contributed by atoms with Crippen molar-refractivity contribution in [2.45, 2.75) is 88.7 Å². The minimum Gasteiger partial charge on any atom is -0.463 e. The molecule has 0 radical (unpaired) electrons. The van der Waals surface area contributed by atoms with Gasteiger partial charge in [-0.2, -0.15) is 0 Å². The molecule has 4 saturated carbocycles. The fourth-order valence-corrected chi connectivity index (χ4v) is 8.34. The van der Waals surface area contributed by atoms with Gasteiger partial charge in [-0.3, -0.25) is 9.59 Å². The molecule has 0 amide bonds. The van der Waals surface area contributed by atoms with Gasteiger partial charge in [0.1, 0.15) is 11.9 Å². The quantitative estimate of drug-likeness (QED) is 0.507. The van der Waals surface area contributed by atoms with Crippen LogP contribution in [0.2, 0.25) is 0 Å². The summed E-state index contributed by atoms with van der Waals surface area (Å²) < 4.78 is 5.10. The number of Topliss-reactive ketones (excluding diaryl/α,β-unsaturated/α-hetero) is 1. The van der Waals surface area contributed by atoms with Gasteiger partial charge < -0.3 is 9.84 Å². The predicted octanol–water partition coefficient (Wildman–Crippen LogP) is 4.02. The van der Waals surface area contributed by atoms with Crippen LogP contribution < -0.4 is 0 Å². The van der Waals surface area contributed by atoms with E-state index in [-0.39, 0.29) is 22.9 Å². The molecule has 4 nitrogen and oxygen atoms in total. The Labute approximate surface area is 164 Å². The summed E-state index contributed by atoms with van der Waals surface area (Å²) in [6.07, 6.45) is 6.42. The summed E-state index contributed by atoms with van der Waals surface area (Å²) in [6, 6.07) is 0. The Balaban J connectivity index is 1.65. The molecule has 4 fully saturated rings. The molecule has 4 aliphatic rings. The van der Waals surface area contributed by atoms with E-state index in [0.717, 1.165) is 38.5 Å². The molecule has 0 aromatic heterocycles. The van der Waals surface area contributed by atoms with Crippen molar-refractivity contribution in [2.75, 3.05) is 0 Å². The standard InChI is InChI=1S/C21H31BrO4/c1-12(23)26-13-6-9-20(3)16-7-8-19(2)15(4-5-17(19)24)14(16)10-18(25)21(20,22)11-13/h13-16,18,25H,4-11H2,1-3H3. The van der Waals surface area contributed by atoms with E-state index in [1.807, 2.05) is 0 Å². The Kier molecular flexibility index (Phi) is 4.39. The molecule has 0 bridgehead atoms. The Morgan fingerprint density at radius 1 is 1.19 bits per heavy atom. The average molecular weight is 427 g/mol. The van der Waals surface area contributed by atoms with Crippen LogP contribution in [0.5, 0.6) is 0 Å². The summed E-state index contributed by atoms with van der Waals surface area (Å²) >= 11 is 3.98. The summed E-state index contributed by atoms with van der Waals surface area (Å²) in [4.78, 5) is 24.0. The second kappa shape index (κ2) is 6.04. The SMILES string of the molecule is CC(=O)OC1CCC2(C)C3CCC4(C)C(=O)CCC4C3CC(O)C2(Br)C1. The molecule has 0 spiro atoms. The van der Waals surface area contributed by atoms with Crippen molar-refractivity contribution in [1.29, 1.82) is 0 Å². The molecule has 4 aliphatic carbocycles. The number of alkyl halides is 1. The first-order valence-corrected chi connectivity index (χ1v) is 11.0. The lowest BCUT2D eigenvalue weighted by molar-refractivity contribution is -0.168. The van der Waals surface area contributed by atoms with Crippen LogP contribution in [-0.2, 0) is 14.3 Å². The lowest BCUT2D eigenvalue weighted by atomic mass is 9.44. The lowest BCUT2D eigenvalue weighted by Gasteiger charge is -2.65. The Morgan fingerprint density at radius 3 is 2.62 bits per heavy atom. The van der Waals surface area contributed by atoms with E-state index >= 15 is 0 Å². The molecule has 26 heavy (non-hydrogen) atoms. The highest BCUT2D eigenvalue weighted by Crippen LogP contribution is 2.68. The number of rotatable bonds is 1. The van der Waals surface area contributed by atoms with Gasteiger partial charge in [0.15, 0.2) is 0 Å². The number of aliphatic hydroxyl groups is 1. The first-order chi connectivity index (χ1) is 12.1. The number of halogens is 1. The Morgan fingerprint density at radius 2 is 1.92 bits per heavy atom. The van der Waals surface area contributed by atoms with Crippen molar-refractivity contribution in [3.8, 4) is 0 Å². The Bertz CT molecular complexity index is 636. The number of hydrogen-bond donors (Lipinski definition) is 1. The number of hydrogen-bond acceptors (Lipinski definition) is 4. The van der Waals surface area contributed by atoms with E-state index in [9.17, 15) is 14.7 Å². The second-order valence-electron chi connectivity index (χ2n) is 9.80. The molecule has 0 heterocycles. The third-order valence-electron chi connectivity index (χ3n) is 8.78. The predicted molar refractivity (Wildman–Crippen MR) is 102 cm³/mol. The molecular formula is C21H31BrO4. The van der Waals surface area contributed by atoms with Crippen LogP contribution in [0.25, 0.3) is 0 Å². The summed E-state index contributed by atoms with van der Waals surface area (Å²) in [5.41, 5.74) is -0.197. The highest BCUT2D eigenvalue weighted by molar-refractivity contribution is 9.10. The molecule has 0 aromatic carbocycles. The maximum atomic E-state index is 12.5. The third kappa shape index (κ3) is 2.41. The second-order valence-corrected chi connectivity index (χ2v) is 11.2. The summed E-state index contributed by atoms with van der Waals surface area (Å²) in [7, 11) is 0. The molecule has 1 N–H and O–H groups in total. The third-order valence-corrected chi connectivity index (χ3v) is 10.5. The fourth-order valence-electron chi connectivity index (χ4n) is 7.30. The van der Waals surface area contributed by atoms with E-state index in [0.29, 0.717) is 36.4 Å². The van der Waals surface area contributed by atoms with Gasteiger partial charge >= 0.3 is 5.97 Å². The van der Waals surface area contributed by atoms with Gasteiger partial charge in [0.25, 0.3) is 0 Å². The maximum absolute atomic E-state index is 12.5. The molecule has 0 aromatic rings. The monoisotopic (exact) mass is 426 g/mol. The molecule has 8 unspecified atom stereocenters. The van der Waals surface area contributed by atoms with Gasteiger partial charge in [-0.25, -0.2) is 0 Å². The molecule has 8 atom stereocenters. The van der Waals surface area contributed by atoms with Crippen LogP contribution in [0.1, 0.15) is 72.1 Å². The smallest absolute Gasteiger partial charge is 0.302 e. The van der Waals surface area contributed by atoms with Gasteiger partial charge in [0.05, 0.1) is 10.4 Å². The highest BCUT2D eigenvalue weighted by Gasteiger charge is 2.67. The van der Waals surface area contributed by atoms with Crippen LogP contribution in [0.4, 0.5) is 0 Å². The zero-order valence-electron chi connectivity index (χ0n) is 16.1. The fraction of sp³-hybridized carbons (Fsp3) is 0.905. The minimum absolute atomic E-state index is 0.0288. The van der Waals surface area contributed by atoms with Crippen molar-refractivity contribution in [2.24, 2.45) is 28.6 Å². The zero-order valence-corrected chi connectivity index (χ0v) is 17.7. The molecule has 5 heteroatoms. The zero-order chi connectivity index (χ0) is 18.9. The average Bonchev–Trinajstić information content (AvgIpc) is 2.86. The number of ether oxygens (including phenoxy) is 1. The van der Waals surface area contributed by atoms with Crippen LogP contribution in [-0.4, -0.2) is 33.4 Å². The van der Waals surface area contributed by atoms with E-state index in [1.165, 1.54) is 6.92 Å². The molecule has 4 rings (SSSR count). The van der Waals surface area contributed by atoms with Crippen molar-refractivity contribution < 1.29 is 19.4 Å². The van der Waals surface area contributed by atoms with E-state index in [2.05, 4.69) is 29.8 Å². The van der Waals surface area contributed by atoms with Crippen LogP contribution >= 0.6 is 15.9 Å². The number of aliphatic hydroxyl groups excluding tert-OH is 1. The highest BCUT2D eigenvalue weighted by atomic mass is 79.9. The number of carbonyl (C=O) groups is 2. The Hall–Kier alpha value is -0.420. The maximum Gasteiger partial charge on any atom is 0.302 e. The van der Waals surface area contributed by atoms with Gasteiger partial charge in [-0.05, 0) is 61.7 Å². The van der Waals surface area contributed by atoms with E-state index in [1.54, 1.807) is 0 Å². The molecular weight excluding hydrogens is 396 g/mol. The summed E-state index contributed by atoms with van der Waals surface area (Å²) in [5, 5.41) is 11.2. The molecule has 0 aliphatic heterocycles. The van der Waals surface area contributed by atoms with Crippen LogP contribution in [0, 0.1) is 28.6 Å². The molecule has 0 saturated heterocycles. The summed E-state index contributed by atoms with van der Waals surface area (Å²) in [6.45, 7) is 5.96. The van der Waals surface area contributed by atoms with Gasteiger partial charge in [-0.1, -0.05) is 29.8 Å². The van der Waals surface area contributed by atoms with Crippen LogP contribution in [0.15, 0.2) is 0 Å². The van der Waals surface area contributed by atoms with Crippen molar-refractivity contribution in [3.63, 3.8) is 0 Å². The largest absolute Gasteiger partial charge is 0.463 e. The van der Waals surface area contributed by atoms with Gasteiger partial charge in [0, 0.05) is 25.2 Å². The first kappa shape index (κ1) is 18.9. The van der Waals surface area contributed by atoms with Crippen LogP contribution in [0.3, 0.4) is 0 Å². The van der Waals surface area contributed by atoms with Crippen molar-refractivity contribution >= 4 is 27.7 Å². The first-order valence-electron chi connectivity index (χ1n) is 10.2. The normalized spacial score (nSPS) is 53.4. The summed E-state index contributed by atoms with van der Waals surface area (Å²) in [5.74, 6) is 1.57. The van der Waals surface area contributed by atoms with Gasteiger partial charge in [-0.15, -0.1) is 0 Å². The molecule has 146 valence electrons.